The molecule has 1 N–H and O–H groups in total. The number of sulfonamides is 1. The second kappa shape index (κ2) is 8.39. The fraction of sp³-hybridized carbons (Fsp3) is 0.600. The predicted molar refractivity (Wildman–Crippen MR) is 84.1 cm³/mol. The number of rotatable bonds is 9. The van der Waals surface area contributed by atoms with Crippen LogP contribution in [-0.2, 0) is 16.6 Å². The number of nitrogens with one attached hydrogen (secondary N) is 1. The average molecular weight is 298 g/mol. The van der Waals surface area contributed by atoms with Gasteiger partial charge in [0.25, 0.3) is 0 Å². The van der Waals surface area contributed by atoms with Crippen LogP contribution in [0.4, 0.5) is 0 Å². The number of benzene rings is 1. The topological polar surface area (TPSA) is 49.4 Å². The van der Waals surface area contributed by atoms with Crippen LogP contribution in [0.5, 0.6) is 0 Å². The van der Waals surface area contributed by atoms with Gasteiger partial charge < -0.3 is 5.32 Å². The zero-order chi connectivity index (χ0) is 15.0. The predicted octanol–water partition coefficient (Wildman–Crippen LogP) is 2.23. The van der Waals surface area contributed by atoms with Crippen molar-refractivity contribution in [2.24, 2.45) is 0 Å². The van der Waals surface area contributed by atoms with Crippen LogP contribution in [0.2, 0.25) is 0 Å². The normalized spacial score (nSPS) is 12.2. The van der Waals surface area contributed by atoms with Crippen molar-refractivity contribution in [3.8, 4) is 0 Å². The molecule has 0 aliphatic heterocycles. The smallest absolute Gasteiger partial charge is 0.214 e. The minimum Gasteiger partial charge on any atom is -0.320 e. The molecule has 0 atom stereocenters. The number of unbranched alkanes of at least 4 members (excludes halogenated alkanes) is 1. The van der Waals surface area contributed by atoms with Crippen LogP contribution in [0.3, 0.4) is 0 Å². The summed E-state index contributed by atoms with van der Waals surface area (Å²) in [6.07, 6.45) is 1.58. The fourth-order valence-electron chi connectivity index (χ4n) is 2.07. The minimum absolute atomic E-state index is 0.0236. The average Bonchev–Trinajstić information content (AvgIpc) is 2.42. The Kier molecular flexibility index (Phi) is 7.19. The van der Waals surface area contributed by atoms with Crippen LogP contribution in [0.15, 0.2) is 30.3 Å². The number of hydrogen-bond acceptors (Lipinski definition) is 3. The van der Waals surface area contributed by atoms with E-state index in [4.69, 9.17) is 0 Å². The SMILES string of the molecule is CNCCCCS(=O)(=O)N(Cc1ccccc1)C(C)C. The lowest BCUT2D eigenvalue weighted by molar-refractivity contribution is 0.347. The first kappa shape index (κ1) is 17.1. The second-order valence-corrected chi connectivity index (χ2v) is 7.29. The summed E-state index contributed by atoms with van der Waals surface area (Å²) in [6, 6.07) is 9.72. The van der Waals surface area contributed by atoms with Gasteiger partial charge in [0.15, 0.2) is 0 Å². The Hall–Kier alpha value is -0.910. The Bertz CT molecular complexity index is 472. The summed E-state index contributed by atoms with van der Waals surface area (Å²) in [6.45, 7) is 5.16. The van der Waals surface area contributed by atoms with Gasteiger partial charge in [0.2, 0.25) is 10.0 Å². The van der Waals surface area contributed by atoms with Gasteiger partial charge in [-0.15, -0.1) is 0 Å². The Morgan fingerprint density at radius 1 is 1.15 bits per heavy atom. The molecule has 1 rings (SSSR count). The Morgan fingerprint density at radius 2 is 1.80 bits per heavy atom. The van der Waals surface area contributed by atoms with Crippen molar-refractivity contribution in [3.63, 3.8) is 0 Å². The first-order chi connectivity index (χ1) is 9.47. The maximum atomic E-state index is 12.4. The Balaban J connectivity index is 2.69. The summed E-state index contributed by atoms with van der Waals surface area (Å²) < 4.78 is 26.5. The molecule has 0 aliphatic rings. The van der Waals surface area contributed by atoms with Gasteiger partial charge in [-0.2, -0.15) is 4.31 Å². The minimum atomic E-state index is -3.19. The highest BCUT2D eigenvalue weighted by Gasteiger charge is 2.24. The summed E-state index contributed by atoms with van der Waals surface area (Å²) in [5.74, 6) is 0.222. The van der Waals surface area contributed by atoms with E-state index in [0.29, 0.717) is 13.0 Å². The van der Waals surface area contributed by atoms with Gasteiger partial charge in [-0.1, -0.05) is 30.3 Å². The zero-order valence-corrected chi connectivity index (χ0v) is 13.5. The zero-order valence-electron chi connectivity index (χ0n) is 12.7. The molecule has 114 valence electrons. The van der Waals surface area contributed by atoms with Crippen LogP contribution in [0, 0.1) is 0 Å². The molecule has 0 heterocycles. The summed E-state index contributed by atoms with van der Waals surface area (Å²) in [5, 5.41) is 3.04. The van der Waals surface area contributed by atoms with Gasteiger partial charge in [-0.25, -0.2) is 8.42 Å². The van der Waals surface area contributed by atoms with Crippen molar-refractivity contribution in [1.29, 1.82) is 0 Å². The van der Waals surface area contributed by atoms with Crippen LogP contribution in [0.25, 0.3) is 0 Å². The summed E-state index contributed by atoms with van der Waals surface area (Å²) in [5.41, 5.74) is 1.03. The molecule has 0 aromatic heterocycles. The van der Waals surface area contributed by atoms with Gasteiger partial charge in [0.1, 0.15) is 0 Å². The number of hydrogen-bond donors (Lipinski definition) is 1. The van der Waals surface area contributed by atoms with E-state index >= 15 is 0 Å². The van der Waals surface area contributed by atoms with Crippen molar-refractivity contribution in [2.45, 2.75) is 39.3 Å². The van der Waals surface area contributed by atoms with E-state index in [1.54, 1.807) is 4.31 Å². The lowest BCUT2D eigenvalue weighted by Crippen LogP contribution is -2.38. The fourth-order valence-corrected chi connectivity index (χ4v) is 3.86. The van der Waals surface area contributed by atoms with E-state index in [2.05, 4.69) is 5.32 Å². The monoisotopic (exact) mass is 298 g/mol. The maximum absolute atomic E-state index is 12.4. The third-order valence-corrected chi connectivity index (χ3v) is 5.26. The Morgan fingerprint density at radius 3 is 2.35 bits per heavy atom. The molecule has 0 aliphatic carbocycles. The van der Waals surface area contributed by atoms with E-state index in [-0.39, 0.29) is 11.8 Å². The van der Waals surface area contributed by atoms with Crippen molar-refractivity contribution >= 4 is 10.0 Å². The molecule has 0 spiro atoms. The lowest BCUT2D eigenvalue weighted by Gasteiger charge is -2.26. The molecule has 0 radical (unpaired) electrons. The maximum Gasteiger partial charge on any atom is 0.214 e. The lowest BCUT2D eigenvalue weighted by atomic mass is 10.2. The standard InChI is InChI=1S/C15H26N2O2S/c1-14(2)17(13-15-9-5-4-6-10-15)20(18,19)12-8-7-11-16-3/h4-6,9-10,14,16H,7-8,11-13H2,1-3H3. The largest absolute Gasteiger partial charge is 0.320 e. The molecule has 1 aromatic carbocycles. The summed E-state index contributed by atoms with van der Waals surface area (Å²) in [7, 11) is -1.32. The van der Waals surface area contributed by atoms with Crippen molar-refractivity contribution < 1.29 is 8.42 Å². The molecule has 0 amide bonds. The highest BCUT2D eigenvalue weighted by Crippen LogP contribution is 2.15. The van der Waals surface area contributed by atoms with Gasteiger partial charge in [-0.05, 0) is 45.8 Å². The van der Waals surface area contributed by atoms with Crippen LogP contribution >= 0.6 is 0 Å². The van der Waals surface area contributed by atoms with Gasteiger partial charge in [-0.3, -0.25) is 0 Å². The van der Waals surface area contributed by atoms with E-state index in [1.807, 2.05) is 51.2 Å². The number of nitrogens with zero attached hydrogens (tertiary/aromatic N) is 1. The van der Waals surface area contributed by atoms with Crippen LogP contribution in [0.1, 0.15) is 32.3 Å². The molecule has 0 saturated carbocycles. The molecule has 1 aromatic rings. The van der Waals surface area contributed by atoms with Crippen molar-refractivity contribution in [1.82, 2.24) is 9.62 Å². The molecule has 20 heavy (non-hydrogen) atoms. The van der Waals surface area contributed by atoms with E-state index < -0.39 is 10.0 Å². The first-order valence-corrected chi connectivity index (χ1v) is 8.76. The van der Waals surface area contributed by atoms with Crippen LogP contribution < -0.4 is 5.32 Å². The van der Waals surface area contributed by atoms with E-state index in [1.165, 1.54) is 0 Å². The van der Waals surface area contributed by atoms with Crippen molar-refractivity contribution in [3.05, 3.63) is 35.9 Å². The van der Waals surface area contributed by atoms with Crippen LogP contribution in [-0.4, -0.2) is 38.1 Å². The Labute approximate surface area is 123 Å². The van der Waals surface area contributed by atoms with E-state index in [0.717, 1.165) is 18.5 Å². The highest BCUT2D eigenvalue weighted by molar-refractivity contribution is 7.89. The van der Waals surface area contributed by atoms with Gasteiger partial charge in [0, 0.05) is 12.6 Å². The van der Waals surface area contributed by atoms with Gasteiger partial charge in [0.05, 0.1) is 5.75 Å². The molecule has 4 nitrogen and oxygen atoms in total. The molecule has 0 unspecified atom stereocenters. The quantitative estimate of drug-likeness (QED) is 0.711. The van der Waals surface area contributed by atoms with E-state index in [9.17, 15) is 8.42 Å². The third-order valence-electron chi connectivity index (χ3n) is 3.19. The summed E-state index contributed by atoms with van der Waals surface area (Å²) in [4.78, 5) is 0. The molecular weight excluding hydrogens is 272 g/mol. The first-order valence-electron chi connectivity index (χ1n) is 7.15. The highest BCUT2D eigenvalue weighted by atomic mass is 32.2. The molecule has 0 fully saturated rings. The summed E-state index contributed by atoms with van der Waals surface area (Å²) >= 11 is 0. The third kappa shape index (κ3) is 5.61. The molecule has 0 saturated heterocycles. The molecular formula is C15H26N2O2S. The second-order valence-electron chi connectivity index (χ2n) is 5.25. The molecule has 5 heteroatoms. The molecule has 0 bridgehead atoms. The van der Waals surface area contributed by atoms with Gasteiger partial charge >= 0.3 is 0 Å². The van der Waals surface area contributed by atoms with Crippen molar-refractivity contribution in [2.75, 3.05) is 19.3 Å².